The van der Waals surface area contributed by atoms with Crippen LogP contribution in [0.15, 0.2) is 6.33 Å². The summed E-state index contributed by atoms with van der Waals surface area (Å²) < 4.78 is 0. The molecule has 1 aromatic rings. The number of rotatable bonds is 4. The average molecular weight is 278 g/mol. The molecule has 0 fully saturated rings. The van der Waals surface area contributed by atoms with Gasteiger partial charge in [0.2, 0.25) is 0 Å². The number of aromatic nitrogens is 2. The molecule has 0 radical (unpaired) electrons. The predicted octanol–water partition coefficient (Wildman–Crippen LogP) is 0.386. The Morgan fingerprint density at radius 3 is 2.76 bits per heavy atom. The van der Waals surface area contributed by atoms with Crippen molar-refractivity contribution in [1.82, 2.24) is 9.97 Å². The summed E-state index contributed by atoms with van der Waals surface area (Å²) in [5.74, 6) is 0.0469. The third-order valence-electron chi connectivity index (χ3n) is 1.98. The first-order valence-electron chi connectivity index (χ1n) is 4.68. The molecule has 2 unspecified atom stereocenters. The number of nitrogens with two attached hydrogens (primary N) is 1. The molecule has 94 valence electrons. The highest BCUT2D eigenvalue weighted by Gasteiger charge is 2.24. The minimum atomic E-state index is -1.32. The second-order valence-corrected chi connectivity index (χ2v) is 4.83. The van der Waals surface area contributed by atoms with E-state index in [1.165, 1.54) is 6.92 Å². The summed E-state index contributed by atoms with van der Waals surface area (Å²) >= 11 is 6.66. The Morgan fingerprint density at radius 1 is 1.59 bits per heavy atom. The highest BCUT2D eigenvalue weighted by atomic mass is 35.5. The quantitative estimate of drug-likeness (QED) is 0.683. The van der Waals surface area contributed by atoms with Crippen molar-refractivity contribution in [2.24, 2.45) is 0 Å². The van der Waals surface area contributed by atoms with E-state index >= 15 is 0 Å². The molecule has 0 aliphatic carbocycles. The van der Waals surface area contributed by atoms with Crippen LogP contribution in [0.25, 0.3) is 0 Å². The second kappa shape index (κ2) is 6.15. The highest BCUT2D eigenvalue weighted by molar-refractivity contribution is 8.13. The number of carbonyl (C=O) groups excluding carboxylic acids is 1. The lowest BCUT2D eigenvalue weighted by Crippen LogP contribution is -2.23. The number of nitrogen functional groups attached to an aromatic ring is 1. The van der Waals surface area contributed by atoms with Crippen molar-refractivity contribution < 1.29 is 15.0 Å². The van der Waals surface area contributed by atoms with Gasteiger partial charge in [0.05, 0.1) is 11.7 Å². The van der Waals surface area contributed by atoms with Crippen LogP contribution in [0, 0.1) is 0 Å². The monoisotopic (exact) mass is 277 g/mol. The molecule has 0 saturated carbocycles. The maximum atomic E-state index is 10.7. The van der Waals surface area contributed by atoms with Crippen molar-refractivity contribution in [3.63, 3.8) is 0 Å². The largest absolute Gasteiger partial charge is 0.389 e. The molecule has 0 bridgehead atoms. The molecule has 0 aliphatic heterocycles. The first kappa shape index (κ1) is 14.2. The van der Waals surface area contributed by atoms with Crippen LogP contribution >= 0.6 is 23.4 Å². The predicted molar refractivity (Wildman–Crippen MR) is 65.6 cm³/mol. The fraction of sp³-hybridized carbons (Fsp3) is 0.444. The molecule has 4 N–H and O–H groups in total. The molecule has 17 heavy (non-hydrogen) atoms. The van der Waals surface area contributed by atoms with E-state index in [0.717, 1.165) is 18.1 Å². The molecule has 0 aliphatic rings. The summed E-state index contributed by atoms with van der Waals surface area (Å²) in [5, 5.41) is 19.4. The number of hydrogen-bond acceptors (Lipinski definition) is 7. The third kappa shape index (κ3) is 3.81. The van der Waals surface area contributed by atoms with Crippen LogP contribution in [0.1, 0.15) is 18.6 Å². The molecular formula is C9H12ClN3O3S. The molecule has 0 saturated heterocycles. The first-order valence-corrected chi connectivity index (χ1v) is 6.05. The lowest BCUT2D eigenvalue weighted by molar-refractivity contribution is -0.109. The van der Waals surface area contributed by atoms with Crippen LogP contribution < -0.4 is 5.73 Å². The number of aliphatic hydroxyl groups excluding tert-OH is 2. The summed E-state index contributed by atoms with van der Waals surface area (Å²) in [6.45, 7) is 1.37. The summed E-state index contributed by atoms with van der Waals surface area (Å²) in [7, 11) is 0. The first-order chi connectivity index (χ1) is 7.93. The van der Waals surface area contributed by atoms with Crippen molar-refractivity contribution in [2.45, 2.75) is 19.1 Å². The Kier molecular flexibility index (Phi) is 5.13. The van der Waals surface area contributed by atoms with Crippen LogP contribution in [0.2, 0.25) is 5.15 Å². The standard InChI is InChI=1S/C9H12ClN3O3S/c1-4(14)17-2-5(15)7(16)6-8(10)12-3-13-9(6)11/h3,5,7,15-16H,2H2,1H3,(H2,11,12,13). The Morgan fingerprint density at radius 2 is 2.24 bits per heavy atom. The number of aliphatic hydroxyl groups is 2. The number of halogens is 1. The lowest BCUT2D eigenvalue weighted by Gasteiger charge is -2.18. The summed E-state index contributed by atoms with van der Waals surface area (Å²) in [6.07, 6.45) is -1.34. The van der Waals surface area contributed by atoms with Gasteiger partial charge >= 0.3 is 0 Å². The maximum Gasteiger partial charge on any atom is 0.185 e. The van der Waals surface area contributed by atoms with Gasteiger partial charge in [0.15, 0.2) is 5.12 Å². The smallest absolute Gasteiger partial charge is 0.185 e. The molecule has 1 heterocycles. The van der Waals surface area contributed by atoms with E-state index < -0.39 is 12.2 Å². The van der Waals surface area contributed by atoms with Crippen LogP contribution in [-0.4, -0.2) is 37.2 Å². The summed E-state index contributed by atoms with van der Waals surface area (Å²) in [6, 6.07) is 0. The fourth-order valence-corrected chi connectivity index (χ4v) is 1.99. The SMILES string of the molecule is CC(=O)SCC(O)C(O)c1c(N)ncnc1Cl. The van der Waals surface area contributed by atoms with E-state index in [2.05, 4.69) is 9.97 Å². The topological polar surface area (TPSA) is 109 Å². The number of carbonyl (C=O) groups is 1. The molecule has 1 rings (SSSR count). The Hall–Kier alpha value is -0.890. The van der Waals surface area contributed by atoms with Gasteiger partial charge in [-0.15, -0.1) is 0 Å². The summed E-state index contributed by atoms with van der Waals surface area (Å²) in [5.41, 5.74) is 5.61. The van der Waals surface area contributed by atoms with Gasteiger partial charge in [-0.3, -0.25) is 4.79 Å². The van der Waals surface area contributed by atoms with Crippen LogP contribution in [0.4, 0.5) is 5.82 Å². The van der Waals surface area contributed by atoms with Crippen molar-refractivity contribution in [1.29, 1.82) is 0 Å². The van der Waals surface area contributed by atoms with Crippen LogP contribution in [-0.2, 0) is 4.79 Å². The third-order valence-corrected chi connectivity index (χ3v) is 3.20. The van der Waals surface area contributed by atoms with Crippen molar-refractivity contribution in [3.05, 3.63) is 17.0 Å². The minimum Gasteiger partial charge on any atom is -0.389 e. The van der Waals surface area contributed by atoms with Gasteiger partial charge in [0.25, 0.3) is 0 Å². The van der Waals surface area contributed by atoms with Gasteiger partial charge in [0, 0.05) is 12.7 Å². The van der Waals surface area contributed by atoms with E-state index in [9.17, 15) is 15.0 Å². The van der Waals surface area contributed by atoms with E-state index in [0.29, 0.717) is 0 Å². The van der Waals surface area contributed by atoms with Gasteiger partial charge in [-0.05, 0) is 0 Å². The molecule has 8 heteroatoms. The Balaban J connectivity index is 2.81. The molecule has 0 amide bonds. The van der Waals surface area contributed by atoms with Crippen LogP contribution in [0.3, 0.4) is 0 Å². The normalized spacial score (nSPS) is 14.4. The van der Waals surface area contributed by atoms with Crippen molar-refractivity contribution >= 4 is 34.3 Å². The molecule has 2 atom stereocenters. The second-order valence-electron chi connectivity index (χ2n) is 3.28. The lowest BCUT2D eigenvalue weighted by atomic mass is 10.1. The van der Waals surface area contributed by atoms with Crippen molar-refractivity contribution in [2.75, 3.05) is 11.5 Å². The molecule has 0 spiro atoms. The van der Waals surface area contributed by atoms with E-state index in [1.54, 1.807) is 0 Å². The molecular weight excluding hydrogens is 266 g/mol. The van der Waals surface area contributed by atoms with Gasteiger partial charge in [-0.2, -0.15) is 0 Å². The van der Waals surface area contributed by atoms with Crippen molar-refractivity contribution in [3.8, 4) is 0 Å². The van der Waals surface area contributed by atoms with Gasteiger partial charge in [-0.1, -0.05) is 23.4 Å². The summed E-state index contributed by atoms with van der Waals surface area (Å²) in [4.78, 5) is 18.1. The van der Waals surface area contributed by atoms with Gasteiger partial charge in [0.1, 0.15) is 23.4 Å². The molecule has 6 nitrogen and oxygen atoms in total. The Bertz CT molecular complexity index is 398. The van der Waals surface area contributed by atoms with E-state index in [-0.39, 0.29) is 27.4 Å². The fourth-order valence-electron chi connectivity index (χ4n) is 1.15. The maximum absolute atomic E-state index is 10.7. The van der Waals surface area contributed by atoms with E-state index in [4.69, 9.17) is 17.3 Å². The zero-order valence-corrected chi connectivity index (χ0v) is 10.6. The molecule has 0 aromatic carbocycles. The number of thioether (sulfide) groups is 1. The average Bonchev–Trinajstić information content (AvgIpc) is 2.25. The molecule has 1 aromatic heterocycles. The Labute approximate surface area is 107 Å². The number of anilines is 1. The van der Waals surface area contributed by atoms with Crippen LogP contribution in [0.5, 0.6) is 0 Å². The number of hydrogen-bond donors (Lipinski definition) is 3. The van der Waals surface area contributed by atoms with Gasteiger partial charge in [-0.25, -0.2) is 9.97 Å². The number of nitrogens with zero attached hydrogens (tertiary/aromatic N) is 2. The van der Waals surface area contributed by atoms with Gasteiger partial charge < -0.3 is 15.9 Å². The zero-order valence-electron chi connectivity index (χ0n) is 9.00. The zero-order chi connectivity index (χ0) is 13.0. The minimum absolute atomic E-state index is 0.00405. The van der Waals surface area contributed by atoms with E-state index in [1.807, 2.05) is 0 Å². The highest BCUT2D eigenvalue weighted by Crippen LogP contribution is 2.28.